The molecule has 0 aliphatic carbocycles. The van der Waals surface area contributed by atoms with E-state index in [1.807, 2.05) is 66.7 Å². The predicted molar refractivity (Wildman–Crippen MR) is 201 cm³/mol. The summed E-state index contributed by atoms with van der Waals surface area (Å²) in [6, 6.07) is 27.3. The summed E-state index contributed by atoms with van der Waals surface area (Å²) in [5.41, 5.74) is 7.14. The number of aromatic nitrogens is 3. The van der Waals surface area contributed by atoms with Crippen LogP contribution < -0.4 is 19.9 Å². The molecule has 1 saturated heterocycles. The molecule has 49 heavy (non-hydrogen) atoms. The smallest absolute Gasteiger partial charge is 0.278 e. The zero-order valence-corrected chi connectivity index (χ0v) is 30.9. The van der Waals surface area contributed by atoms with Gasteiger partial charge in [-0.2, -0.15) is 9.61 Å². The maximum absolute atomic E-state index is 14.8. The molecule has 3 heterocycles. The van der Waals surface area contributed by atoms with Gasteiger partial charge in [0.05, 0.1) is 7.11 Å². The van der Waals surface area contributed by atoms with Gasteiger partial charge in [0, 0.05) is 50.5 Å². The van der Waals surface area contributed by atoms with Crippen LogP contribution >= 0.6 is 0 Å². The third-order valence-electron chi connectivity index (χ3n) is 9.60. The van der Waals surface area contributed by atoms with Crippen LogP contribution in [0.1, 0.15) is 54.5 Å². The van der Waals surface area contributed by atoms with Crippen molar-refractivity contribution in [3.63, 3.8) is 0 Å². The fourth-order valence-electron chi connectivity index (χ4n) is 6.73. The van der Waals surface area contributed by atoms with Crippen LogP contribution in [0.4, 0.5) is 5.69 Å². The summed E-state index contributed by atoms with van der Waals surface area (Å²) in [5.74, 6) is 1.04. The van der Waals surface area contributed by atoms with Crippen molar-refractivity contribution in [3.8, 4) is 22.8 Å². The van der Waals surface area contributed by atoms with Crippen molar-refractivity contribution >= 4 is 19.4 Å². The van der Waals surface area contributed by atoms with Crippen molar-refractivity contribution in [1.82, 2.24) is 14.2 Å². The molecule has 5 aromatic rings. The number of hydrogen-bond acceptors (Lipinski definition) is 6. The first-order valence-corrected chi connectivity index (χ1v) is 21.3. The molecule has 0 bridgehead atoms. The standard InChI is InChI=1S/C40H50N4O4Si/c1-29(33-20-21-34(46-3)35(26-33)48-27-31-16-10-7-11-17-31)36-30(2)43(28-47-24-25-49(4,5)6)39-38(42-22-14-9-15-23-42)37(41-44(39)40(36)45)32-18-12-8-13-19-32/h7-8,10-13,16-21,26,29H,9,14-15,22-25,27-28H2,1-6H3. The van der Waals surface area contributed by atoms with E-state index >= 15 is 0 Å². The molecular formula is C40H50N4O4Si. The number of methoxy groups -OCH3 is 1. The predicted octanol–water partition coefficient (Wildman–Crippen LogP) is 8.51. The topological polar surface area (TPSA) is 70.2 Å². The summed E-state index contributed by atoms with van der Waals surface area (Å²) >= 11 is 0. The Kier molecular flexibility index (Phi) is 10.6. The highest BCUT2D eigenvalue weighted by Gasteiger charge is 2.29. The number of rotatable bonds is 13. The minimum atomic E-state index is -1.30. The third-order valence-corrected chi connectivity index (χ3v) is 11.3. The maximum atomic E-state index is 14.8. The molecule has 1 atom stereocenters. The molecule has 258 valence electrons. The molecule has 1 unspecified atom stereocenters. The van der Waals surface area contributed by atoms with Gasteiger partial charge in [-0.05, 0) is 55.5 Å². The van der Waals surface area contributed by atoms with E-state index in [0.717, 1.165) is 71.4 Å². The third kappa shape index (κ3) is 7.63. The van der Waals surface area contributed by atoms with Gasteiger partial charge in [-0.15, -0.1) is 0 Å². The molecule has 0 radical (unpaired) electrons. The van der Waals surface area contributed by atoms with Gasteiger partial charge in [-0.3, -0.25) is 4.79 Å². The molecule has 0 saturated carbocycles. The lowest BCUT2D eigenvalue weighted by molar-refractivity contribution is 0.0874. The van der Waals surface area contributed by atoms with E-state index in [-0.39, 0.29) is 11.5 Å². The highest BCUT2D eigenvalue weighted by Crippen LogP contribution is 2.38. The zero-order chi connectivity index (χ0) is 34.5. The first-order valence-electron chi connectivity index (χ1n) is 17.5. The van der Waals surface area contributed by atoms with Crippen LogP contribution in [0.5, 0.6) is 11.5 Å². The van der Waals surface area contributed by atoms with Crippen molar-refractivity contribution in [2.24, 2.45) is 0 Å². The van der Waals surface area contributed by atoms with Crippen molar-refractivity contribution < 1.29 is 14.2 Å². The van der Waals surface area contributed by atoms with Crippen LogP contribution in [0.25, 0.3) is 16.9 Å². The van der Waals surface area contributed by atoms with E-state index in [9.17, 15) is 4.79 Å². The number of hydrogen-bond donors (Lipinski definition) is 0. The van der Waals surface area contributed by atoms with Gasteiger partial charge in [0.25, 0.3) is 5.56 Å². The molecule has 3 aromatic carbocycles. The van der Waals surface area contributed by atoms with E-state index in [1.54, 1.807) is 11.6 Å². The molecule has 1 aliphatic heterocycles. The molecule has 1 aliphatic rings. The monoisotopic (exact) mass is 678 g/mol. The van der Waals surface area contributed by atoms with Crippen LogP contribution in [0.2, 0.25) is 25.7 Å². The Labute approximate surface area is 291 Å². The molecular weight excluding hydrogens is 629 g/mol. The summed E-state index contributed by atoms with van der Waals surface area (Å²) in [5, 5.41) is 5.12. The van der Waals surface area contributed by atoms with Crippen molar-refractivity contribution in [2.75, 3.05) is 31.7 Å². The fraction of sp³-hybridized carbons (Fsp3) is 0.400. The molecule has 9 heteroatoms. The summed E-state index contributed by atoms with van der Waals surface area (Å²) in [6.07, 6.45) is 3.44. The highest BCUT2D eigenvalue weighted by molar-refractivity contribution is 6.76. The maximum Gasteiger partial charge on any atom is 0.278 e. The van der Waals surface area contributed by atoms with Crippen molar-refractivity contribution in [2.45, 2.75) is 78.1 Å². The average molecular weight is 679 g/mol. The lowest BCUT2D eigenvalue weighted by atomic mass is 9.92. The summed E-state index contributed by atoms with van der Waals surface area (Å²) in [4.78, 5) is 17.2. The van der Waals surface area contributed by atoms with Crippen molar-refractivity contribution in [3.05, 3.63) is 112 Å². The first-order chi connectivity index (χ1) is 23.7. The largest absolute Gasteiger partial charge is 0.493 e. The highest BCUT2D eigenvalue weighted by atomic mass is 28.3. The second kappa shape index (κ2) is 15.0. The molecule has 8 nitrogen and oxygen atoms in total. The van der Waals surface area contributed by atoms with Gasteiger partial charge in [0.1, 0.15) is 24.7 Å². The summed E-state index contributed by atoms with van der Waals surface area (Å²) in [7, 11) is 0.351. The Morgan fingerprint density at radius 3 is 2.27 bits per heavy atom. The lowest BCUT2D eigenvalue weighted by Crippen LogP contribution is -2.32. The molecule has 1 fully saturated rings. The summed E-state index contributed by atoms with van der Waals surface area (Å²) in [6.45, 7) is 14.5. The van der Waals surface area contributed by atoms with Gasteiger partial charge in [0.15, 0.2) is 17.1 Å². The number of nitrogens with zero attached hydrogens (tertiary/aromatic N) is 4. The van der Waals surface area contributed by atoms with Crippen LogP contribution in [0.15, 0.2) is 83.7 Å². The molecule has 0 amide bonds. The van der Waals surface area contributed by atoms with Crippen LogP contribution in [-0.2, 0) is 18.1 Å². The average Bonchev–Trinajstić information content (AvgIpc) is 3.52. The molecule has 0 spiro atoms. The van der Waals surface area contributed by atoms with Gasteiger partial charge in [-0.1, -0.05) is 93.3 Å². The summed E-state index contributed by atoms with van der Waals surface area (Å²) < 4.78 is 22.2. The molecule has 6 rings (SSSR count). The van der Waals surface area contributed by atoms with E-state index in [0.29, 0.717) is 37.0 Å². The zero-order valence-electron chi connectivity index (χ0n) is 29.9. The SMILES string of the molecule is COc1ccc(C(C)c2c(C)n(COCC[Si](C)(C)C)c3c(N4CCCCC4)c(-c4ccccc4)nn3c2=O)cc1OCc1ccccc1. The number of benzene rings is 3. The number of piperidine rings is 1. The van der Waals surface area contributed by atoms with E-state index in [2.05, 4.69) is 55.1 Å². The van der Waals surface area contributed by atoms with Gasteiger partial charge in [-0.25, -0.2) is 0 Å². The Hall–Kier alpha value is -4.34. The van der Waals surface area contributed by atoms with Crippen molar-refractivity contribution in [1.29, 1.82) is 0 Å². The Balaban J connectivity index is 1.49. The van der Waals surface area contributed by atoms with Crippen LogP contribution in [0, 0.1) is 6.92 Å². The van der Waals surface area contributed by atoms with E-state index in [1.165, 1.54) is 6.42 Å². The van der Waals surface area contributed by atoms with E-state index < -0.39 is 8.07 Å². The minimum absolute atomic E-state index is 0.110. The lowest BCUT2D eigenvalue weighted by Gasteiger charge is -2.30. The Morgan fingerprint density at radius 2 is 1.59 bits per heavy atom. The van der Waals surface area contributed by atoms with Crippen LogP contribution in [0.3, 0.4) is 0 Å². The normalized spacial score (nSPS) is 14.3. The van der Waals surface area contributed by atoms with Crippen LogP contribution in [-0.4, -0.2) is 49.1 Å². The van der Waals surface area contributed by atoms with Gasteiger partial charge >= 0.3 is 0 Å². The number of anilines is 1. The quantitative estimate of drug-likeness (QED) is 0.0919. The molecule has 0 N–H and O–H groups in total. The van der Waals surface area contributed by atoms with Gasteiger partial charge < -0.3 is 23.7 Å². The second-order valence-electron chi connectivity index (χ2n) is 14.3. The number of ether oxygens (including phenoxy) is 3. The Morgan fingerprint density at radius 1 is 0.898 bits per heavy atom. The number of fused-ring (bicyclic) bond motifs is 1. The Bertz CT molecular complexity index is 1930. The fourth-order valence-corrected chi connectivity index (χ4v) is 7.48. The minimum Gasteiger partial charge on any atom is -0.493 e. The van der Waals surface area contributed by atoms with E-state index in [4.69, 9.17) is 19.3 Å². The molecule has 2 aromatic heterocycles. The second-order valence-corrected chi connectivity index (χ2v) is 20.0. The first kappa shape index (κ1) is 34.5. The van der Waals surface area contributed by atoms with Gasteiger partial charge in [0.2, 0.25) is 0 Å².